The minimum atomic E-state index is -0.0465. The highest BCUT2D eigenvalue weighted by Crippen LogP contribution is 2.25. The zero-order valence-corrected chi connectivity index (χ0v) is 18.5. The highest BCUT2D eigenvalue weighted by atomic mass is 16.5. The van der Waals surface area contributed by atoms with Crippen molar-refractivity contribution >= 4 is 23.9 Å². The van der Waals surface area contributed by atoms with Crippen LogP contribution in [0.1, 0.15) is 27.5 Å². The summed E-state index contributed by atoms with van der Waals surface area (Å²) >= 11 is 0. The van der Waals surface area contributed by atoms with Gasteiger partial charge >= 0.3 is 0 Å². The van der Waals surface area contributed by atoms with Crippen LogP contribution in [0.5, 0.6) is 11.5 Å². The van der Waals surface area contributed by atoms with E-state index >= 15 is 0 Å². The number of piperazine rings is 1. The van der Waals surface area contributed by atoms with Crippen molar-refractivity contribution in [2.75, 3.05) is 45.3 Å². The first-order chi connectivity index (χ1) is 16.1. The molecule has 1 amide bonds. The van der Waals surface area contributed by atoms with Gasteiger partial charge in [-0.15, -0.1) is 0 Å². The second-order valence-corrected chi connectivity index (χ2v) is 7.44. The number of benzene rings is 2. The molecule has 0 unspecified atom stereocenters. The Balaban J connectivity index is 1.42. The third kappa shape index (κ3) is 4.99. The van der Waals surface area contributed by atoms with Crippen LogP contribution in [0, 0.1) is 11.3 Å². The maximum Gasteiger partial charge on any atom is 0.254 e. The number of carbonyl (C=O) groups excluding carboxylic acids is 1. The Labute approximate surface area is 192 Å². The Kier molecular flexibility index (Phi) is 6.60. The maximum absolute atomic E-state index is 12.8. The van der Waals surface area contributed by atoms with E-state index in [0.29, 0.717) is 49.3 Å². The monoisotopic (exact) mass is 444 g/mol. The fraction of sp³-hybridized carbons (Fsp3) is 0.240. The Hall–Kier alpha value is -4.25. The fourth-order valence-electron chi connectivity index (χ4n) is 3.62. The summed E-state index contributed by atoms with van der Waals surface area (Å²) in [6.45, 7) is 2.11. The van der Waals surface area contributed by atoms with Crippen molar-refractivity contribution in [1.82, 2.24) is 9.88 Å². The molecular weight excluding hydrogens is 420 g/mol. The van der Waals surface area contributed by atoms with E-state index in [4.69, 9.17) is 13.9 Å². The topological polar surface area (TPSA) is 91.8 Å². The summed E-state index contributed by atoms with van der Waals surface area (Å²) in [7, 11) is 3.20. The first kappa shape index (κ1) is 22.0. The van der Waals surface area contributed by atoms with Crippen LogP contribution in [0.25, 0.3) is 12.2 Å². The summed E-state index contributed by atoms with van der Waals surface area (Å²) in [6.07, 6.45) is 3.59. The van der Waals surface area contributed by atoms with Crippen LogP contribution in [0.4, 0.5) is 5.88 Å². The number of nitrogens with zero attached hydrogens (tertiary/aromatic N) is 4. The maximum atomic E-state index is 12.8. The standard InChI is InChI=1S/C25H24N4O4/c1-31-20-9-6-18(7-10-20)8-11-23-27-22(17-26)25(33-23)29-14-12-28(13-15-29)24(30)19-4-3-5-21(16-19)32-2/h3-11,16H,12-15H2,1-2H3. The lowest BCUT2D eigenvalue weighted by Gasteiger charge is -2.34. The molecule has 33 heavy (non-hydrogen) atoms. The fourth-order valence-corrected chi connectivity index (χ4v) is 3.62. The van der Waals surface area contributed by atoms with Gasteiger partial charge in [-0.25, -0.2) is 0 Å². The number of nitriles is 1. The summed E-state index contributed by atoms with van der Waals surface area (Å²) in [5.41, 5.74) is 1.78. The number of carbonyl (C=O) groups is 1. The predicted molar refractivity (Wildman–Crippen MR) is 124 cm³/mol. The minimum absolute atomic E-state index is 0.0465. The number of hydrogen-bond donors (Lipinski definition) is 0. The third-order valence-electron chi connectivity index (χ3n) is 5.44. The number of methoxy groups -OCH3 is 2. The average molecular weight is 444 g/mol. The summed E-state index contributed by atoms with van der Waals surface area (Å²) < 4.78 is 16.3. The molecule has 2 heterocycles. The summed E-state index contributed by atoms with van der Waals surface area (Å²) in [5.74, 6) is 2.17. The predicted octanol–water partition coefficient (Wildman–Crippen LogP) is 3.70. The molecule has 1 aliphatic rings. The lowest BCUT2D eigenvalue weighted by atomic mass is 10.1. The van der Waals surface area contributed by atoms with Gasteiger partial charge in [-0.3, -0.25) is 4.79 Å². The van der Waals surface area contributed by atoms with Crippen LogP contribution in [0.3, 0.4) is 0 Å². The average Bonchev–Trinajstić information content (AvgIpc) is 3.31. The molecule has 0 bridgehead atoms. The molecular formula is C25H24N4O4. The van der Waals surface area contributed by atoms with Gasteiger partial charge in [-0.2, -0.15) is 10.2 Å². The Morgan fingerprint density at radius 3 is 2.42 bits per heavy atom. The molecule has 1 saturated heterocycles. The van der Waals surface area contributed by atoms with Gasteiger partial charge in [0.15, 0.2) is 0 Å². The van der Waals surface area contributed by atoms with Crippen molar-refractivity contribution in [1.29, 1.82) is 5.26 Å². The van der Waals surface area contributed by atoms with E-state index in [0.717, 1.165) is 11.3 Å². The Morgan fingerprint density at radius 1 is 1.03 bits per heavy atom. The van der Waals surface area contributed by atoms with Gasteiger partial charge in [0.2, 0.25) is 17.5 Å². The van der Waals surface area contributed by atoms with E-state index < -0.39 is 0 Å². The third-order valence-corrected chi connectivity index (χ3v) is 5.44. The van der Waals surface area contributed by atoms with Gasteiger partial charge in [-0.05, 0) is 42.0 Å². The molecule has 0 radical (unpaired) electrons. The largest absolute Gasteiger partial charge is 0.497 e. The lowest BCUT2D eigenvalue weighted by Crippen LogP contribution is -2.48. The number of amides is 1. The van der Waals surface area contributed by atoms with E-state index in [1.165, 1.54) is 0 Å². The molecule has 2 aromatic carbocycles. The van der Waals surface area contributed by atoms with Crippen LogP contribution in [-0.2, 0) is 0 Å². The molecule has 168 valence electrons. The molecule has 1 aromatic heterocycles. The Bertz CT molecular complexity index is 1190. The molecule has 0 atom stereocenters. The SMILES string of the molecule is COc1ccc(C=Cc2nc(C#N)c(N3CCN(C(=O)c4cccc(OC)c4)CC3)o2)cc1. The highest BCUT2D eigenvalue weighted by molar-refractivity contribution is 5.94. The number of oxazole rings is 1. The first-order valence-corrected chi connectivity index (χ1v) is 10.5. The molecule has 0 N–H and O–H groups in total. The normalized spacial score (nSPS) is 13.7. The van der Waals surface area contributed by atoms with Gasteiger partial charge in [0.05, 0.1) is 14.2 Å². The number of ether oxygens (including phenoxy) is 2. The summed E-state index contributed by atoms with van der Waals surface area (Å²) in [6, 6.07) is 16.8. The minimum Gasteiger partial charge on any atom is -0.497 e. The lowest BCUT2D eigenvalue weighted by molar-refractivity contribution is 0.0745. The molecule has 8 heteroatoms. The molecule has 0 saturated carbocycles. The molecule has 3 aromatic rings. The molecule has 4 rings (SSSR count). The number of hydrogen-bond acceptors (Lipinski definition) is 7. The van der Waals surface area contributed by atoms with Gasteiger partial charge < -0.3 is 23.7 Å². The van der Waals surface area contributed by atoms with Crippen LogP contribution >= 0.6 is 0 Å². The van der Waals surface area contributed by atoms with Gasteiger partial charge in [0, 0.05) is 37.8 Å². The van der Waals surface area contributed by atoms with Gasteiger partial charge in [0.25, 0.3) is 5.91 Å². The number of aromatic nitrogens is 1. The zero-order chi connectivity index (χ0) is 23.2. The number of rotatable bonds is 6. The van der Waals surface area contributed by atoms with Crippen molar-refractivity contribution in [3.8, 4) is 17.6 Å². The quantitative estimate of drug-likeness (QED) is 0.572. The van der Waals surface area contributed by atoms with Gasteiger partial charge in [0.1, 0.15) is 17.6 Å². The van der Waals surface area contributed by atoms with Gasteiger partial charge in [-0.1, -0.05) is 18.2 Å². The van der Waals surface area contributed by atoms with Crippen molar-refractivity contribution in [2.45, 2.75) is 0 Å². The smallest absolute Gasteiger partial charge is 0.254 e. The molecule has 0 spiro atoms. The van der Waals surface area contributed by atoms with Crippen LogP contribution in [-0.4, -0.2) is 56.2 Å². The summed E-state index contributed by atoms with van der Waals surface area (Å²) in [4.78, 5) is 20.9. The highest BCUT2D eigenvalue weighted by Gasteiger charge is 2.26. The molecule has 8 nitrogen and oxygen atoms in total. The molecule has 1 aliphatic heterocycles. The van der Waals surface area contributed by atoms with Crippen molar-refractivity contribution in [3.63, 3.8) is 0 Å². The van der Waals surface area contributed by atoms with E-state index in [1.54, 1.807) is 43.4 Å². The van der Waals surface area contributed by atoms with Crippen molar-refractivity contribution in [3.05, 3.63) is 71.2 Å². The summed E-state index contributed by atoms with van der Waals surface area (Å²) in [5, 5.41) is 9.53. The first-order valence-electron chi connectivity index (χ1n) is 10.5. The van der Waals surface area contributed by atoms with Crippen molar-refractivity contribution in [2.24, 2.45) is 0 Å². The second-order valence-electron chi connectivity index (χ2n) is 7.44. The molecule has 0 aliphatic carbocycles. The van der Waals surface area contributed by atoms with E-state index in [2.05, 4.69) is 11.1 Å². The van der Waals surface area contributed by atoms with Crippen molar-refractivity contribution < 1.29 is 18.7 Å². The van der Waals surface area contributed by atoms with Crippen LogP contribution < -0.4 is 14.4 Å². The van der Waals surface area contributed by atoms with Crippen LogP contribution in [0.15, 0.2) is 52.9 Å². The van der Waals surface area contributed by atoms with E-state index in [9.17, 15) is 10.1 Å². The second kappa shape index (κ2) is 9.92. The Morgan fingerprint density at radius 2 is 1.76 bits per heavy atom. The molecule has 1 fully saturated rings. The van der Waals surface area contributed by atoms with E-state index in [1.807, 2.05) is 41.3 Å². The van der Waals surface area contributed by atoms with E-state index in [-0.39, 0.29) is 11.6 Å². The van der Waals surface area contributed by atoms with Crippen LogP contribution in [0.2, 0.25) is 0 Å². The number of anilines is 1. The zero-order valence-electron chi connectivity index (χ0n) is 18.5.